The van der Waals surface area contributed by atoms with E-state index in [2.05, 4.69) is 4.98 Å². The summed E-state index contributed by atoms with van der Waals surface area (Å²) in [4.78, 5) is 4.27. The van der Waals surface area contributed by atoms with Crippen LogP contribution in [0.25, 0.3) is 11.5 Å². The maximum absolute atomic E-state index is 9.67. The van der Waals surface area contributed by atoms with Gasteiger partial charge in [0.1, 0.15) is 12.0 Å². The number of phenolic OH excluding ortho intramolecular Hbond substituents is 1. The highest BCUT2D eigenvalue weighted by Gasteiger charge is 2.10. The Hall–Kier alpha value is -1.77. The molecule has 0 amide bonds. The Bertz CT molecular complexity index is 474. The zero-order valence-corrected chi connectivity index (χ0v) is 8.82. The lowest BCUT2D eigenvalue weighted by Gasteiger charge is -2.00. The van der Waals surface area contributed by atoms with Crippen LogP contribution in [0.4, 0.5) is 0 Å². The number of hydrogen-bond acceptors (Lipinski definition) is 3. The van der Waals surface area contributed by atoms with E-state index >= 15 is 0 Å². The topological polar surface area (TPSA) is 46.3 Å². The van der Waals surface area contributed by atoms with Gasteiger partial charge in [0, 0.05) is 0 Å². The fourth-order valence-electron chi connectivity index (χ4n) is 1.41. The van der Waals surface area contributed by atoms with Gasteiger partial charge in [-0.2, -0.15) is 0 Å². The zero-order valence-electron chi connectivity index (χ0n) is 8.82. The molecule has 1 aromatic carbocycles. The number of aryl methyl sites for hydroxylation is 2. The van der Waals surface area contributed by atoms with Gasteiger partial charge >= 0.3 is 0 Å². The smallest absolute Gasteiger partial charge is 0.229 e. The first-order valence-electron chi connectivity index (χ1n) is 4.95. The Morgan fingerprint density at radius 3 is 2.87 bits per heavy atom. The fourth-order valence-corrected chi connectivity index (χ4v) is 1.41. The van der Waals surface area contributed by atoms with Crippen LogP contribution in [0.1, 0.15) is 18.2 Å². The Labute approximate surface area is 88.4 Å². The van der Waals surface area contributed by atoms with Crippen LogP contribution in [0, 0.1) is 6.92 Å². The molecule has 3 nitrogen and oxygen atoms in total. The predicted octanol–water partition coefficient (Wildman–Crippen LogP) is 2.92. The maximum Gasteiger partial charge on any atom is 0.229 e. The van der Waals surface area contributed by atoms with Gasteiger partial charge in [-0.3, -0.25) is 0 Å². The molecule has 0 aliphatic heterocycles. The van der Waals surface area contributed by atoms with Crippen LogP contribution in [-0.2, 0) is 6.42 Å². The second kappa shape index (κ2) is 3.77. The first kappa shape index (κ1) is 9.77. The molecule has 2 aromatic rings. The van der Waals surface area contributed by atoms with E-state index in [1.807, 2.05) is 26.0 Å². The molecule has 0 fully saturated rings. The highest BCUT2D eigenvalue weighted by atomic mass is 16.3. The van der Waals surface area contributed by atoms with Gasteiger partial charge in [0.05, 0.1) is 11.3 Å². The number of phenols is 1. The number of nitrogens with zero attached hydrogens (tertiary/aromatic N) is 1. The van der Waals surface area contributed by atoms with Gasteiger partial charge in [-0.25, -0.2) is 4.98 Å². The number of hydrogen-bond donors (Lipinski definition) is 1. The summed E-state index contributed by atoms with van der Waals surface area (Å²) in [6, 6.07) is 5.36. The fraction of sp³-hybridized carbons (Fsp3) is 0.250. The molecule has 0 bridgehead atoms. The SMILES string of the molecule is CCc1coc(-c2cc(C)ccc2O)n1. The third-order valence-corrected chi connectivity index (χ3v) is 2.30. The van der Waals surface area contributed by atoms with Crippen LogP contribution in [0.3, 0.4) is 0 Å². The highest BCUT2D eigenvalue weighted by molar-refractivity contribution is 5.63. The molecular weight excluding hydrogens is 190 g/mol. The number of oxazole rings is 1. The van der Waals surface area contributed by atoms with E-state index in [4.69, 9.17) is 4.42 Å². The predicted molar refractivity (Wildman–Crippen MR) is 57.7 cm³/mol. The molecule has 0 aliphatic carbocycles. The summed E-state index contributed by atoms with van der Waals surface area (Å²) in [7, 11) is 0. The van der Waals surface area contributed by atoms with Gasteiger partial charge < -0.3 is 9.52 Å². The highest BCUT2D eigenvalue weighted by Crippen LogP contribution is 2.29. The summed E-state index contributed by atoms with van der Waals surface area (Å²) in [5, 5.41) is 9.67. The van der Waals surface area contributed by atoms with Crippen LogP contribution in [-0.4, -0.2) is 10.1 Å². The Balaban J connectivity index is 2.48. The second-order valence-corrected chi connectivity index (χ2v) is 3.52. The van der Waals surface area contributed by atoms with Crippen molar-refractivity contribution in [2.24, 2.45) is 0 Å². The minimum absolute atomic E-state index is 0.199. The molecule has 3 heteroatoms. The van der Waals surface area contributed by atoms with Crippen molar-refractivity contribution in [1.29, 1.82) is 0 Å². The lowest BCUT2D eigenvalue weighted by atomic mass is 10.1. The van der Waals surface area contributed by atoms with E-state index < -0.39 is 0 Å². The van der Waals surface area contributed by atoms with E-state index in [1.165, 1.54) is 0 Å². The minimum atomic E-state index is 0.199. The summed E-state index contributed by atoms with van der Waals surface area (Å²) in [5.41, 5.74) is 2.61. The van der Waals surface area contributed by atoms with E-state index in [-0.39, 0.29) is 5.75 Å². The van der Waals surface area contributed by atoms with Gasteiger partial charge in [-0.1, -0.05) is 18.6 Å². The van der Waals surface area contributed by atoms with Crippen molar-refractivity contribution in [3.05, 3.63) is 35.7 Å². The van der Waals surface area contributed by atoms with Crippen molar-refractivity contribution < 1.29 is 9.52 Å². The molecule has 1 heterocycles. The van der Waals surface area contributed by atoms with Crippen molar-refractivity contribution in [2.75, 3.05) is 0 Å². The molecule has 1 aromatic heterocycles. The number of rotatable bonds is 2. The molecule has 15 heavy (non-hydrogen) atoms. The van der Waals surface area contributed by atoms with Gasteiger partial charge in [-0.05, 0) is 25.5 Å². The van der Waals surface area contributed by atoms with E-state index in [0.29, 0.717) is 11.5 Å². The van der Waals surface area contributed by atoms with Crippen molar-refractivity contribution >= 4 is 0 Å². The van der Waals surface area contributed by atoms with Crippen LogP contribution < -0.4 is 0 Å². The van der Waals surface area contributed by atoms with Crippen molar-refractivity contribution in [1.82, 2.24) is 4.98 Å². The van der Waals surface area contributed by atoms with E-state index in [0.717, 1.165) is 17.7 Å². The molecule has 78 valence electrons. The quantitative estimate of drug-likeness (QED) is 0.816. The molecule has 0 atom stereocenters. The van der Waals surface area contributed by atoms with Gasteiger partial charge in [0.15, 0.2) is 0 Å². The average Bonchev–Trinajstić information content (AvgIpc) is 2.70. The van der Waals surface area contributed by atoms with Crippen molar-refractivity contribution in [3.8, 4) is 17.2 Å². The Kier molecular flexibility index (Phi) is 2.46. The minimum Gasteiger partial charge on any atom is -0.507 e. The number of aromatic nitrogens is 1. The maximum atomic E-state index is 9.67. The van der Waals surface area contributed by atoms with Gasteiger partial charge in [0.2, 0.25) is 5.89 Å². The Morgan fingerprint density at radius 2 is 2.20 bits per heavy atom. The van der Waals surface area contributed by atoms with Crippen LogP contribution in [0.5, 0.6) is 5.75 Å². The summed E-state index contributed by atoms with van der Waals surface area (Å²) >= 11 is 0. The second-order valence-electron chi connectivity index (χ2n) is 3.52. The third-order valence-electron chi connectivity index (χ3n) is 2.30. The number of aromatic hydroxyl groups is 1. The Morgan fingerprint density at radius 1 is 1.40 bits per heavy atom. The largest absolute Gasteiger partial charge is 0.507 e. The lowest BCUT2D eigenvalue weighted by Crippen LogP contribution is -1.83. The summed E-state index contributed by atoms with van der Waals surface area (Å²) in [5.74, 6) is 0.679. The summed E-state index contributed by atoms with van der Waals surface area (Å²) < 4.78 is 5.31. The zero-order chi connectivity index (χ0) is 10.8. The van der Waals surface area contributed by atoms with Crippen LogP contribution >= 0.6 is 0 Å². The molecular formula is C12H13NO2. The molecule has 1 N–H and O–H groups in total. The van der Waals surface area contributed by atoms with Crippen molar-refractivity contribution in [3.63, 3.8) is 0 Å². The first-order chi connectivity index (χ1) is 7.20. The first-order valence-corrected chi connectivity index (χ1v) is 4.95. The molecule has 0 spiro atoms. The average molecular weight is 203 g/mol. The standard InChI is InChI=1S/C12H13NO2/c1-3-9-7-15-12(13-9)10-6-8(2)4-5-11(10)14/h4-7,14H,3H2,1-2H3. The molecule has 0 saturated carbocycles. The summed E-state index contributed by atoms with van der Waals surface area (Å²) in [6.45, 7) is 3.98. The van der Waals surface area contributed by atoms with Gasteiger partial charge in [-0.15, -0.1) is 0 Å². The monoisotopic (exact) mass is 203 g/mol. The van der Waals surface area contributed by atoms with E-state index in [9.17, 15) is 5.11 Å². The van der Waals surface area contributed by atoms with Crippen LogP contribution in [0.2, 0.25) is 0 Å². The normalized spacial score (nSPS) is 10.5. The molecule has 0 aliphatic rings. The number of benzene rings is 1. The lowest BCUT2D eigenvalue weighted by molar-refractivity contribution is 0.472. The molecule has 0 radical (unpaired) electrons. The van der Waals surface area contributed by atoms with E-state index in [1.54, 1.807) is 12.3 Å². The molecule has 0 saturated heterocycles. The summed E-state index contributed by atoms with van der Waals surface area (Å²) in [6.07, 6.45) is 2.45. The molecule has 0 unspecified atom stereocenters. The third kappa shape index (κ3) is 1.86. The van der Waals surface area contributed by atoms with Gasteiger partial charge in [0.25, 0.3) is 0 Å². The van der Waals surface area contributed by atoms with Crippen molar-refractivity contribution in [2.45, 2.75) is 20.3 Å². The van der Waals surface area contributed by atoms with Crippen LogP contribution in [0.15, 0.2) is 28.9 Å². The molecule has 2 rings (SSSR count).